The summed E-state index contributed by atoms with van der Waals surface area (Å²) in [6.07, 6.45) is 10.9. The van der Waals surface area contributed by atoms with Gasteiger partial charge in [-0.15, -0.1) is 0 Å². The topological polar surface area (TPSA) is 0 Å². The molecule has 1 atom stereocenters. The average Bonchev–Trinajstić information content (AvgIpc) is 2.86. The van der Waals surface area contributed by atoms with E-state index in [9.17, 15) is 8.78 Å². The maximum atomic E-state index is 14.9. The molecule has 4 rings (SSSR count). The summed E-state index contributed by atoms with van der Waals surface area (Å²) < 4.78 is 29.8. The Morgan fingerprint density at radius 3 is 1.94 bits per heavy atom. The third-order valence-corrected chi connectivity index (χ3v) is 7.81. The SMILES string of the molecule is CCCC1CCC(CCc2ccc(-c3cc(F)c(C[C@@H](C)c4ccccc4)c(F)c3)cc2)CC1. The monoisotopic (exact) mass is 460 g/mol. The van der Waals surface area contributed by atoms with Gasteiger partial charge in [-0.05, 0) is 71.4 Å². The minimum Gasteiger partial charge on any atom is -0.207 e. The van der Waals surface area contributed by atoms with Crippen LogP contribution in [-0.4, -0.2) is 0 Å². The van der Waals surface area contributed by atoms with Crippen molar-refractivity contribution in [3.05, 3.63) is 95.1 Å². The fourth-order valence-corrected chi connectivity index (χ4v) is 5.62. The van der Waals surface area contributed by atoms with E-state index < -0.39 is 11.6 Å². The van der Waals surface area contributed by atoms with E-state index >= 15 is 0 Å². The van der Waals surface area contributed by atoms with Crippen LogP contribution in [0.3, 0.4) is 0 Å². The highest BCUT2D eigenvalue weighted by molar-refractivity contribution is 5.64. The summed E-state index contributed by atoms with van der Waals surface area (Å²) in [5, 5.41) is 0. The minimum atomic E-state index is -0.458. The van der Waals surface area contributed by atoms with Gasteiger partial charge >= 0.3 is 0 Å². The molecule has 2 heteroatoms. The van der Waals surface area contributed by atoms with E-state index in [1.807, 2.05) is 49.4 Å². The van der Waals surface area contributed by atoms with Crippen LogP contribution in [0.2, 0.25) is 0 Å². The molecule has 180 valence electrons. The van der Waals surface area contributed by atoms with E-state index in [-0.39, 0.29) is 11.5 Å². The molecule has 3 aromatic rings. The Bertz CT molecular complexity index is 1010. The molecule has 0 unspecified atom stereocenters. The number of hydrogen-bond acceptors (Lipinski definition) is 0. The fourth-order valence-electron chi connectivity index (χ4n) is 5.62. The second-order valence-electron chi connectivity index (χ2n) is 10.3. The van der Waals surface area contributed by atoms with Crippen molar-refractivity contribution in [3.8, 4) is 11.1 Å². The van der Waals surface area contributed by atoms with Gasteiger partial charge in [0.05, 0.1) is 0 Å². The quantitative estimate of drug-likeness (QED) is 0.298. The van der Waals surface area contributed by atoms with Gasteiger partial charge in [-0.2, -0.15) is 0 Å². The van der Waals surface area contributed by atoms with Crippen molar-refractivity contribution < 1.29 is 8.78 Å². The lowest BCUT2D eigenvalue weighted by molar-refractivity contribution is 0.252. The van der Waals surface area contributed by atoms with Crippen molar-refractivity contribution in [2.45, 2.75) is 77.6 Å². The van der Waals surface area contributed by atoms with Crippen LogP contribution < -0.4 is 0 Å². The molecule has 0 spiro atoms. The van der Waals surface area contributed by atoms with Crippen molar-refractivity contribution in [2.75, 3.05) is 0 Å². The summed E-state index contributed by atoms with van der Waals surface area (Å²) in [6, 6.07) is 21.1. The highest BCUT2D eigenvalue weighted by Crippen LogP contribution is 2.34. The first-order valence-electron chi connectivity index (χ1n) is 13.2. The summed E-state index contributed by atoms with van der Waals surface area (Å²) >= 11 is 0. The van der Waals surface area contributed by atoms with E-state index in [1.165, 1.54) is 62.6 Å². The van der Waals surface area contributed by atoms with Crippen LogP contribution in [-0.2, 0) is 12.8 Å². The summed E-state index contributed by atoms with van der Waals surface area (Å²) in [5.41, 5.74) is 4.05. The molecule has 0 heterocycles. The zero-order valence-electron chi connectivity index (χ0n) is 20.7. The predicted molar refractivity (Wildman–Crippen MR) is 139 cm³/mol. The highest BCUT2D eigenvalue weighted by Gasteiger charge is 2.20. The van der Waals surface area contributed by atoms with Gasteiger partial charge in [0.1, 0.15) is 11.6 Å². The summed E-state index contributed by atoms with van der Waals surface area (Å²) in [6.45, 7) is 4.30. The van der Waals surface area contributed by atoms with Gasteiger partial charge in [0.25, 0.3) is 0 Å². The zero-order valence-corrected chi connectivity index (χ0v) is 20.7. The van der Waals surface area contributed by atoms with Crippen molar-refractivity contribution in [1.82, 2.24) is 0 Å². The van der Waals surface area contributed by atoms with Gasteiger partial charge < -0.3 is 0 Å². The fraction of sp³-hybridized carbons (Fsp3) is 0.438. The molecule has 0 nitrogen and oxygen atoms in total. The maximum Gasteiger partial charge on any atom is 0.129 e. The third-order valence-electron chi connectivity index (χ3n) is 7.81. The number of halogens is 2. The lowest BCUT2D eigenvalue weighted by atomic mass is 9.78. The molecule has 3 aromatic carbocycles. The van der Waals surface area contributed by atoms with Crippen LogP contribution in [0.4, 0.5) is 8.78 Å². The largest absolute Gasteiger partial charge is 0.207 e. The number of benzene rings is 3. The van der Waals surface area contributed by atoms with Gasteiger partial charge in [-0.1, -0.05) is 107 Å². The lowest BCUT2D eigenvalue weighted by Gasteiger charge is -2.28. The second kappa shape index (κ2) is 11.8. The molecule has 0 saturated heterocycles. The molecule has 0 radical (unpaired) electrons. The summed E-state index contributed by atoms with van der Waals surface area (Å²) in [4.78, 5) is 0. The Kier molecular flexibility index (Phi) is 8.53. The first-order chi connectivity index (χ1) is 16.5. The van der Waals surface area contributed by atoms with Crippen LogP contribution in [0.5, 0.6) is 0 Å². The van der Waals surface area contributed by atoms with E-state index in [0.717, 1.165) is 29.4 Å². The predicted octanol–water partition coefficient (Wildman–Crippen LogP) is 9.52. The van der Waals surface area contributed by atoms with Crippen LogP contribution in [0.1, 0.15) is 81.4 Å². The molecule has 34 heavy (non-hydrogen) atoms. The average molecular weight is 461 g/mol. The Labute approximate surface area is 204 Å². The Hall–Kier alpha value is -2.48. The van der Waals surface area contributed by atoms with Crippen LogP contribution >= 0.6 is 0 Å². The second-order valence-corrected chi connectivity index (χ2v) is 10.3. The normalized spacial score (nSPS) is 19.2. The van der Waals surface area contributed by atoms with Crippen molar-refractivity contribution >= 4 is 0 Å². The van der Waals surface area contributed by atoms with E-state index in [4.69, 9.17) is 0 Å². The molecule has 1 saturated carbocycles. The number of hydrogen-bond donors (Lipinski definition) is 0. The van der Waals surface area contributed by atoms with E-state index in [1.54, 1.807) is 0 Å². The number of aryl methyl sites for hydroxylation is 1. The van der Waals surface area contributed by atoms with Crippen LogP contribution in [0.25, 0.3) is 11.1 Å². The van der Waals surface area contributed by atoms with Gasteiger partial charge in [0, 0.05) is 5.56 Å². The number of rotatable bonds is 9. The van der Waals surface area contributed by atoms with Gasteiger partial charge in [-0.3, -0.25) is 0 Å². The molecule has 0 aliphatic heterocycles. The van der Waals surface area contributed by atoms with E-state index in [0.29, 0.717) is 12.0 Å². The molecule has 1 aliphatic carbocycles. The summed E-state index contributed by atoms with van der Waals surface area (Å²) in [5.74, 6) is 0.939. The van der Waals surface area contributed by atoms with E-state index in [2.05, 4.69) is 19.1 Å². The van der Waals surface area contributed by atoms with Crippen molar-refractivity contribution in [3.63, 3.8) is 0 Å². The van der Waals surface area contributed by atoms with Gasteiger partial charge in [0.2, 0.25) is 0 Å². The smallest absolute Gasteiger partial charge is 0.129 e. The Morgan fingerprint density at radius 1 is 0.765 bits per heavy atom. The first-order valence-corrected chi connectivity index (χ1v) is 13.2. The zero-order chi connectivity index (χ0) is 23.9. The van der Waals surface area contributed by atoms with Gasteiger partial charge in [-0.25, -0.2) is 8.78 Å². The first kappa shape index (κ1) is 24.6. The molecular formula is C32H38F2. The molecule has 0 amide bonds. The molecule has 1 fully saturated rings. The lowest BCUT2D eigenvalue weighted by Crippen LogP contribution is -2.15. The maximum absolute atomic E-state index is 14.9. The molecule has 1 aliphatic rings. The highest BCUT2D eigenvalue weighted by atomic mass is 19.1. The van der Waals surface area contributed by atoms with Crippen LogP contribution in [0, 0.1) is 23.5 Å². The molecule has 0 N–H and O–H groups in total. The standard InChI is InChI=1S/C32H38F2/c1-3-7-24-10-12-25(13-11-24)14-15-26-16-18-28(19-17-26)29-21-31(33)30(32(34)22-29)20-23(2)27-8-5-4-6-9-27/h4-6,8-9,16-19,21-25H,3,7,10-15,20H2,1-2H3/t23-,24?,25?/m1/s1. The van der Waals surface area contributed by atoms with Crippen LogP contribution in [0.15, 0.2) is 66.7 Å². The molecule has 0 bridgehead atoms. The van der Waals surface area contributed by atoms with Crippen molar-refractivity contribution in [2.24, 2.45) is 11.8 Å². The summed E-state index contributed by atoms with van der Waals surface area (Å²) in [7, 11) is 0. The van der Waals surface area contributed by atoms with Crippen molar-refractivity contribution in [1.29, 1.82) is 0 Å². The molecular weight excluding hydrogens is 422 g/mol. The molecule has 0 aromatic heterocycles. The minimum absolute atomic E-state index is 0.0528. The third kappa shape index (κ3) is 6.34. The van der Waals surface area contributed by atoms with Gasteiger partial charge in [0.15, 0.2) is 0 Å². The Morgan fingerprint density at radius 2 is 1.35 bits per heavy atom. The Balaban J connectivity index is 1.36.